The molecule has 0 atom stereocenters. The fraction of sp³-hybridized carbons (Fsp3) is 0.417. The van der Waals surface area contributed by atoms with Gasteiger partial charge < -0.3 is 4.57 Å². The van der Waals surface area contributed by atoms with Crippen LogP contribution in [-0.4, -0.2) is 36.3 Å². The fourth-order valence-electron chi connectivity index (χ4n) is 4.30. The van der Waals surface area contributed by atoms with Crippen molar-refractivity contribution in [1.82, 2.24) is 8.87 Å². The lowest BCUT2D eigenvalue weighted by molar-refractivity contribution is 0.0997. The first-order chi connectivity index (χ1) is 15.8. The third-order valence-corrected chi connectivity index (χ3v) is 9.62. The largest absolute Gasteiger partial charge is 0.316 e. The van der Waals surface area contributed by atoms with Gasteiger partial charge in [-0.1, -0.05) is 53.5 Å². The third-order valence-electron chi connectivity index (χ3n) is 6.16. The zero-order valence-electron chi connectivity index (χ0n) is 18.8. The van der Waals surface area contributed by atoms with Crippen LogP contribution in [-0.2, 0) is 16.6 Å². The Morgan fingerprint density at radius 1 is 1.15 bits per heavy atom. The minimum Gasteiger partial charge on any atom is -0.316 e. The van der Waals surface area contributed by atoms with E-state index in [2.05, 4.69) is 32.4 Å². The summed E-state index contributed by atoms with van der Waals surface area (Å²) >= 11 is 4.97. The molecule has 1 amide bonds. The predicted octanol–water partition coefficient (Wildman–Crippen LogP) is 5.57. The van der Waals surface area contributed by atoms with Crippen LogP contribution < -0.4 is 4.80 Å². The summed E-state index contributed by atoms with van der Waals surface area (Å²) in [7, 11) is -1.93. The maximum Gasteiger partial charge on any atom is 0.279 e. The van der Waals surface area contributed by atoms with E-state index in [1.807, 2.05) is 18.2 Å². The Morgan fingerprint density at radius 2 is 1.85 bits per heavy atom. The third kappa shape index (κ3) is 5.16. The molecule has 1 aromatic heterocycles. The Bertz CT molecular complexity index is 1320. The highest BCUT2D eigenvalue weighted by molar-refractivity contribution is 9.10. The van der Waals surface area contributed by atoms with E-state index < -0.39 is 10.0 Å². The number of hydrogen-bond acceptors (Lipinski definition) is 4. The first kappa shape index (κ1) is 24.3. The number of sulfonamides is 1. The van der Waals surface area contributed by atoms with Gasteiger partial charge in [0.2, 0.25) is 10.0 Å². The van der Waals surface area contributed by atoms with E-state index >= 15 is 0 Å². The normalized spacial score (nSPS) is 16.1. The molecule has 9 heteroatoms. The molecular formula is C24H28BrN3O3S2. The Hall–Kier alpha value is -1.81. The summed E-state index contributed by atoms with van der Waals surface area (Å²) in [4.78, 5) is 18.1. The smallest absolute Gasteiger partial charge is 0.279 e. The Kier molecular flexibility index (Phi) is 7.53. The number of carbonyl (C=O) groups excluding carboxylic acids is 1. The molecule has 2 aromatic carbocycles. The number of thiazole rings is 1. The second-order valence-electron chi connectivity index (χ2n) is 8.40. The predicted molar refractivity (Wildman–Crippen MR) is 136 cm³/mol. The molecule has 1 fully saturated rings. The van der Waals surface area contributed by atoms with E-state index in [4.69, 9.17) is 0 Å². The fourth-order valence-corrected chi connectivity index (χ4v) is 7.32. The van der Waals surface area contributed by atoms with Crippen LogP contribution in [0.1, 0.15) is 55.8 Å². The van der Waals surface area contributed by atoms with Gasteiger partial charge in [-0.3, -0.25) is 4.79 Å². The number of amides is 1. The van der Waals surface area contributed by atoms with Crippen LogP contribution in [0.25, 0.3) is 10.2 Å². The summed E-state index contributed by atoms with van der Waals surface area (Å²) in [5.41, 5.74) is 1.42. The van der Waals surface area contributed by atoms with Crippen LogP contribution >= 0.6 is 27.3 Å². The van der Waals surface area contributed by atoms with Crippen LogP contribution in [0, 0.1) is 0 Å². The van der Waals surface area contributed by atoms with Crippen LogP contribution in [0.15, 0.2) is 56.8 Å². The molecular weight excluding hydrogens is 522 g/mol. The number of carbonyl (C=O) groups is 1. The van der Waals surface area contributed by atoms with Gasteiger partial charge in [-0.25, -0.2) is 8.42 Å². The number of aromatic nitrogens is 1. The topological polar surface area (TPSA) is 71.7 Å². The number of nitrogens with zero attached hydrogens (tertiary/aromatic N) is 3. The average molecular weight is 551 g/mol. The summed E-state index contributed by atoms with van der Waals surface area (Å²) in [6, 6.07) is 12.2. The zero-order valence-corrected chi connectivity index (χ0v) is 22.0. The molecule has 1 heterocycles. The van der Waals surface area contributed by atoms with Crippen molar-refractivity contribution in [1.29, 1.82) is 0 Å². The van der Waals surface area contributed by atoms with Crippen molar-refractivity contribution in [3.05, 3.63) is 57.3 Å². The highest BCUT2D eigenvalue weighted by Gasteiger charge is 2.29. The number of aryl methyl sites for hydroxylation is 1. The van der Waals surface area contributed by atoms with Crippen LogP contribution in [0.4, 0.5) is 0 Å². The van der Waals surface area contributed by atoms with Crippen molar-refractivity contribution in [3.8, 4) is 0 Å². The summed E-state index contributed by atoms with van der Waals surface area (Å²) in [6.45, 7) is 2.85. The molecule has 1 saturated carbocycles. The summed E-state index contributed by atoms with van der Waals surface area (Å²) in [5, 5.41) is 0. The molecule has 0 bridgehead atoms. The minimum absolute atomic E-state index is 0.0436. The van der Waals surface area contributed by atoms with Gasteiger partial charge in [-0.2, -0.15) is 9.30 Å². The lowest BCUT2D eigenvalue weighted by atomic mass is 9.96. The van der Waals surface area contributed by atoms with Crippen LogP contribution in [0.3, 0.4) is 0 Å². The molecule has 0 unspecified atom stereocenters. The first-order valence-corrected chi connectivity index (χ1v) is 14.3. The van der Waals surface area contributed by atoms with Gasteiger partial charge >= 0.3 is 0 Å². The molecule has 0 spiro atoms. The van der Waals surface area contributed by atoms with Crippen molar-refractivity contribution in [2.45, 2.75) is 62.9 Å². The maximum atomic E-state index is 13.1. The summed E-state index contributed by atoms with van der Waals surface area (Å²) in [6.07, 6.45) is 6.01. The van der Waals surface area contributed by atoms with Crippen LogP contribution in [0.2, 0.25) is 0 Å². The molecule has 0 N–H and O–H groups in total. The summed E-state index contributed by atoms with van der Waals surface area (Å²) in [5.74, 6) is -0.380. The molecule has 6 nitrogen and oxygen atoms in total. The first-order valence-electron chi connectivity index (χ1n) is 11.3. The molecule has 0 aliphatic heterocycles. The molecule has 33 heavy (non-hydrogen) atoms. The van der Waals surface area contributed by atoms with Gasteiger partial charge in [-0.15, -0.1) is 0 Å². The van der Waals surface area contributed by atoms with Gasteiger partial charge in [0.1, 0.15) is 0 Å². The molecule has 0 saturated heterocycles. The molecule has 0 radical (unpaired) electrons. The number of rotatable bonds is 6. The summed E-state index contributed by atoms with van der Waals surface area (Å²) < 4.78 is 31.7. The van der Waals surface area contributed by atoms with E-state index in [0.29, 0.717) is 10.4 Å². The standard InChI is InChI=1S/C24H28BrN3O3S2/c1-3-15-28-21-14-11-18(25)16-22(21)32-24(28)26-23(29)17-9-12-20(13-10-17)33(30,31)27(2)19-7-5-4-6-8-19/h9-14,16,19H,3-8,15H2,1-2H3. The highest BCUT2D eigenvalue weighted by Crippen LogP contribution is 2.27. The Balaban J connectivity index is 1.61. The van der Waals surface area contributed by atoms with E-state index in [1.165, 1.54) is 34.2 Å². The number of hydrogen-bond donors (Lipinski definition) is 0. The monoisotopic (exact) mass is 549 g/mol. The van der Waals surface area contributed by atoms with Gasteiger partial charge in [0.25, 0.3) is 5.91 Å². The average Bonchev–Trinajstić information content (AvgIpc) is 3.15. The van der Waals surface area contributed by atoms with Crippen molar-refractivity contribution in [2.24, 2.45) is 4.99 Å². The Labute approximate surface area is 207 Å². The van der Waals surface area contributed by atoms with Crippen molar-refractivity contribution >= 4 is 53.4 Å². The Morgan fingerprint density at radius 3 is 2.52 bits per heavy atom. The molecule has 1 aliphatic carbocycles. The van der Waals surface area contributed by atoms with E-state index in [9.17, 15) is 13.2 Å². The van der Waals surface area contributed by atoms with Crippen molar-refractivity contribution < 1.29 is 13.2 Å². The second-order valence-corrected chi connectivity index (χ2v) is 12.3. The molecule has 3 aromatic rings. The molecule has 1 aliphatic rings. The quantitative estimate of drug-likeness (QED) is 0.403. The maximum absolute atomic E-state index is 13.1. The van der Waals surface area contributed by atoms with Gasteiger partial charge in [0.15, 0.2) is 4.80 Å². The molecule has 176 valence electrons. The lowest BCUT2D eigenvalue weighted by Crippen LogP contribution is -2.38. The van der Waals surface area contributed by atoms with Crippen LogP contribution in [0.5, 0.6) is 0 Å². The second kappa shape index (κ2) is 10.2. The van der Waals surface area contributed by atoms with Gasteiger partial charge in [0, 0.05) is 29.7 Å². The SMILES string of the molecule is CCCn1c(=NC(=O)c2ccc(S(=O)(=O)N(C)C3CCCCC3)cc2)sc2cc(Br)ccc21. The number of halogens is 1. The van der Waals surface area contributed by atoms with Gasteiger partial charge in [-0.05, 0) is 61.7 Å². The number of fused-ring (bicyclic) bond motifs is 1. The van der Waals surface area contributed by atoms with E-state index in [-0.39, 0.29) is 16.8 Å². The minimum atomic E-state index is -3.59. The highest BCUT2D eigenvalue weighted by atomic mass is 79.9. The van der Waals surface area contributed by atoms with Gasteiger partial charge in [0.05, 0.1) is 15.1 Å². The number of benzene rings is 2. The molecule has 4 rings (SSSR count). The van der Waals surface area contributed by atoms with E-state index in [0.717, 1.165) is 53.3 Å². The zero-order chi connectivity index (χ0) is 23.6. The lowest BCUT2D eigenvalue weighted by Gasteiger charge is -2.30. The van der Waals surface area contributed by atoms with Crippen molar-refractivity contribution in [2.75, 3.05) is 7.05 Å². The van der Waals surface area contributed by atoms with E-state index in [1.54, 1.807) is 19.2 Å². The van der Waals surface area contributed by atoms with Crippen molar-refractivity contribution in [3.63, 3.8) is 0 Å².